The van der Waals surface area contributed by atoms with E-state index in [2.05, 4.69) is 5.32 Å². The predicted octanol–water partition coefficient (Wildman–Crippen LogP) is 2.10. The molecule has 0 aromatic heterocycles. The molecule has 2 rings (SSSR count). The first-order valence-corrected chi connectivity index (χ1v) is 9.52. The van der Waals surface area contributed by atoms with E-state index in [9.17, 15) is 13.2 Å². The molecule has 122 valence electrons. The van der Waals surface area contributed by atoms with Gasteiger partial charge in [0.15, 0.2) is 9.84 Å². The van der Waals surface area contributed by atoms with E-state index in [1.165, 1.54) is 0 Å². The van der Waals surface area contributed by atoms with Gasteiger partial charge in [-0.1, -0.05) is 11.6 Å². The molecule has 1 fully saturated rings. The molecule has 0 bridgehead atoms. The van der Waals surface area contributed by atoms with E-state index >= 15 is 0 Å². The Balaban J connectivity index is 1.98. The predicted molar refractivity (Wildman–Crippen MR) is 89.1 cm³/mol. The molecule has 7 heteroatoms. The van der Waals surface area contributed by atoms with Crippen molar-refractivity contribution in [1.29, 1.82) is 0 Å². The summed E-state index contributed by atoms with van der Waals surface area (Å²) in [5.41, 5.74) is 1.82. The topological polar surface area (TPSA) is 66.5 Å². The highest BCUT2D eigenvalue weighted by atomic mass is 35.5. The van der Waals surface area contributed by atoms with E-state index < -0.39 is 9.84 Å². The highest BCUT2D eigenvalue weighted by molar-refractivity contribution is 7.91. The van der Waals surface area contributed by atoms with E-state index in [-0.39, 0.29) is 30.0 Å². The molecule has 1 amide bonds. The van der Waals surface area contributed by atoms with Crippen LogP contribution in [0.2, 0.25) is 5.02 Å². The van der Waals surface area contributed by atoms with Gasteiger partial charge < -0.3 is 10.2 Å². The van der Waals surface area contributed by atoms with E-state index in [4.69, 9.17) is 11.6 Å². The Labute approximate surface area is 136 Å². The number of halogens is 1. The summed E-state index contributed by atoms with van der Waals surface area (Å²) in [4.78, 5) is 14.0. The summed E-state index contributed by atoms with van der Waals surface area (Å²) in [5.74, 6) is 0.163. The summed E-state index contributed by atoms with van der Waals surface area (Å²) in [6.07, 6.45) is 0.530. The van der Waals surface area contributed by atoms with Gasteiger partial charge in [-0.15, -0.1) is 0 Å². The van der Waals surface area contributed by atoms with Gasteiger partial charge in [0.25, 0.3) is 0 Å². The SMILES string of the molecule is CCN(C(=O)CNc1ccc(Cl)cc1C)C1CCS(=O)(=O)C1. The van der Waals surface area contributed by atoms with Crippen molar-refractivity contribution in [2.45, 2.75) is 26.3 Å². The molecule has 1 atom stereocenters. The Morgan fingerprint density at radius 1 is 1.45 bits per heavy atom. The van der Waals surface area contributed by atoms with Crippen molar-refractivity contribution in [3.63, 3.8) is 0 Å². The highest BCUT2D eigenvalue weighted by Gasteiger charge is 2.33. The summed E-state index contributed by atoms with van der Waals surface area (Å²) in [7, 11) is -2.99. The number of nitrogens with one attached hydrogen (secondary N) is 1. The molecule has 1 aliphatic heterocycles. The average Bonchev–Trinajstić information content (AvgIpc) is 2.78. The minimum atomic E-state index is -2.99. The van der Waals surface area contributed by atoms with Crippen LogP contribution in [-0.2, 0) is 14.6 Å². The summed E-state index contributed by atoms with van der Waals surface area (Å²) >= 11 is 5.91. The van der Waals surface area contributed by atoms with Gasteiger partial charge in [-0.2, -0.15) is 0 Å². The zero-order valence-corrected chi connectivity index (χ0v) is 14.4. The molecule has 22 heavy (non-hydrogen) atoms. The number of nitrogens with zero attached hydrogens (tertiary/aromatic N) is 1. The molecule has 0 aliphatic carbocycles. The lowest BCUT2D eigenvalue weighted by atomic mass is 10.2. The van der Waals surface area contributed by atoms with Crippen LogP contribution in [0.4, 0.5) is 5.69 Å². The van der Waals surface area contributed by atoms with Crippen molar-refractivity contribution in [1.82, 2.24) is 4.90 Å². The number of hydrogen-bond acceptors (Lipinski definition) is 4. The van der Waals surface area contributed by atoms with Gasteiger partial charge in [-0.05, 0) is 44.0 Å². The summed E-state index contributed by atoms with van der Waals surface area (Å²) < 4.78 is 23.1. The number of likely N-dealkylation sites (N-methyl/N-ethyl adjacent to an activating group) is 1. The quantitative estimate of drug-likeness (QED) is 0.888. The van der Waals surface area contributed by atoms with Gasteiger partial charge in [-0.25, -0.2) is 8.42 Å². The number of carbonyl (C=O) groups excluding carboxylic acids is 1. The average molecular weight is 345 g/mol. The van der Waals surface area contributed by atoms with Crippen LogP contribution < -0.4 is 5.32 Å². The first kappa shape index (κ1) is 17.1. The monoisotopic (exact) mass is 344 g/mol. The third kappa shape index (κ3) is 4.14. The molecule has 0 radical (unpaired) electrons. The molecule has 1 aliphatic rings. The molecular formula is C15H21ClN2O3S. The van der Waals surface area contributed by atoms with Crippen molar-refractivity contribution < 1.29 is 13.2 Å². The summed E-state index contributed by atoms with van der Waals surface area (Å²) in [6, 6.07) is 5.23. The van der Waals surface area contributed by atoms with Crippen LogP contribution in [0.5, 0.6) is 0 Å². The lowest BCUT2D eigenvalue weighted by Crippen LogP contribution is -2.43. The Bertz CT molecular complexity index is 661. The Kier molecular flexibility index (Phi) is 5.34. The third-order valence-corrected chi connectivity index (χ3v) is 5.91. The second-order valence-corrected chi connectivity index (χ2v) is 8.21. The molecule has 1 aromatic rings. The van der Waals surface area contributed by atoms with E-state index in [0.717, 1.165) is 11.3 Å². The molecule has 1 N–H and O–H groups in total. The Morgan fingerprint density at radius 3 is 2.73 bits per heavy atom. The largest absolute Gasteiger partial charge is 0.376 e. The van der Waals surface area contributed by atoms with Gasteiger partial charge in [0, 0.05) is 23.3 Å². The first-order chi connectivity index (χ1) is 10.3. The van der Waals surface area contributed by atoms with Crippen LogP contribution in [0, 0.1) is 6.92 Å². The molecule has 0 saturated carbocycles. The van der Waals surface area contributed by atoms with Crippen LogP contribution in [0.15, 0.2) is 18.2 Å². The maximum Gasteiger partial charge on any atom is 0.242 e. The third-order valence-electron chi connectivity index (χ3n) is 3.93. The fraction of sp³-hybridized carbons (Fsp3) is 0.533. The number of anilines is 1. The second kappa shape index (κ2) is 6.87. The zero-order valence-electron chi connectivity index (χ0n) is 12.8. The second-order valence-electron chi connectivity index (χ2n) is 5.55. The van der Waals surface area contributed by atoms with Gasteiger partial charge in [0.2, 0.25) is 5.91 Å². The van der Waals surface area contributed by atoms with Crippen LogP contribution in [0.1, 0.15) is 18.9 Å². The van der Waals surface area contributed by atoms with Crippen molar-refractivity contribution in [3.05, 3.63) is 28.8 Å². The molecule has 5 nitrogen and oxygen atoms in total. The molecular weight excluding hydrogens is 324 g/mol. The lowest BCUT2D eigenvalue weighted by Gasteiger charge is -2.27. The number of aryl methyl sites for hydroxylation is 1. The summed E-state index contributed by atoms with van der Waals surface area (Å²) in [5, 5.41) is 3.75. The van der Waals surface area contributed by atoms with Crippen molar-refractivity contribution in [2.24, 2.45) is 0 Å². The Morgan fingerprint density at radius 2 is 2.18 bits per heavy atom. The minimum absolute atomic E-state index is 0.0759. The summed E-state index contributed by atoms with van der Waals surface area (Å²) in [6.45, 7) is 4.45. The fourth-order valence-corrected chi connectivity index (χ4v) is 4.71. The van der Waals surface area contributed by atoms with Gasteiger partial charge in [0.1, 0.15) is 0 Å². The first-order valence-electron chi connectivity index (χ1n) is 7.32. The van der Waals surface area contributed by atoms with Crippen molar-refractivity contribution in [3.8, 4) is 0 Å². The molecule has 1 heterocycles. The number of benzene rings is 1. The fourth-order valence-electron chi connectivity index (χ4n) is 2.76. The van der Waals surface area contributed by atoms with E-state index in [1.54, 1.807) is 11.0 Å². The van der Waals surface area contributed by atoms with Gasteiger partial charge in [0.05, 0.1) is 18.1 Å². The highest BCUT2D eigenvalue weighted by Crippen LogP contribution is 2.20. The van der Waals surface area contributed by atoms with Crippen LogP contribution in [0.3, 0.4) is 0 Å². The smallest absolute Gasteiger partial charge is 0.242 e. The van der Waals surface area contributed by atoms with Crippen molar-refractivity contribution in [2.75, 3.05) is 29.9 Å². The van der Waals surface area contributed by atoms with Crippen LogP contribution in [0.25, 0.3) is 0 Å². The van der Waals surface area contributed by atoms with Crippen LogP contribution >= 0.6 is 11.6 Å². The number of amides is 1. The molecule has 1 aromatic carbocycles. The maximum absolute atomic E-state index is 12.4. The van der Waals surface area contributed by atoms with E-state index in [0.29, 0.717) is 18.0 Å². The molecule has 1 unspecified atom stereocenters. The lowest BCUT2D eigenvalue weighted by molar-refractivity contribution is -0.130. The van der Waals surface area contributed by atoms with Gasteiger partial charge in [-0.3, -0.25) is 4.79 Å². The number of rotatable bonds is 5. The van der Waals surface area contributed by atoms with Crippen molar-refractivity contribution >= 4 is 33.0 Å². The standard InChI is InChI=1S/C15H21ClN2O3S/c1-3-18(13-6-7-22(20,21)10-13)15(19)9-17-14-5-4-12(16)8-11(14)2/h4-5,8,13,17H,3,6-7,9-10H2,1-2H3. The number of hydrogen-bond donors (Lipinski definition) is 1. The number of carbonyl (C=O) groups is 1. The maximum atomic E-state index is 12.4. The minimum Gasteiger partial charge on any atom is -0.376 e. The molecule has 0 spiro atoms. The van der Waals surface area contributed by atoms with Gasteiger partial charge >= 0.3 is 0 Å². The van der Waals surface area contributed by atoms with E-state index in [1.807, 2.05) is 26.0 Å². The zero-order chi connectivity index (χ0) is 16.3. The molecule has 1 saturated heterocycles. The van der Waals surface area contributed by atoms with Crippen LogP contribution in [-0.4, -0.2) is 49.9 Å². The normalized spacial score (nSPS) is 19.9. The number of sulfone groups is 1. The Hall–Kier alpha value is -1.27.